The Morgan fingerprint density at radius 3 is 2.43 bits per heavy atom. The zero-order chi connectivity index (χ0) is 18.9. The van der Waals surface area contributed by atoms with E-state index in [0.29, 0.717) is 0 Å². The number of nitrogens with zero attached hydrogens (tertiary/aromatic N) is 5. The number of piperidine rings is 1. The number of hydrogen-bond acceptors (Lipinski definition) is 6. The van der Waals surface area contributed by atoms with E-state index in [2.05, 4.69) is 62.4 Å². The van der Waals surface area contributed by atoms with Crippen LogP contribution in [-0.2, 0) is 0 Å². The van der Waals surface area contributed by atoms with Gasteiger partial charge in [-0.25, -0.2) is 9.97 Å². The topological polar surface area (TPSA) is 35.5 Å². The molecule has 4 heterocycles. The number of hydrogen-bond donors (Lipinski definition) is 0. The molecular weight excluding hydrogens is 366 g/mol. The maximum Gasteiger partial charge on any atom is 0.141 e. The van der Waals surface area contributed by atoms with Gasteiger partial charge in [-0.05, 0) is 25.5 Å². The van der Waals surface area contributed by atoms with Crippen LogP contribution in [0.2, 0.25) is 0 Å². The zero-order valence-corrected chi connectivity index (χ0v) is 17.2. The van der Waals surface area contributed by atoms with Crippen LogP contribution in [0, 0.1) is 0 Å². The molecule has 1 aromatic carbocycles. The monoisotopic (exact) mass is 393 g/mol. The molecule has 2 aliphatic heterocycles. The summed E-state index contributed by atoms with van der Waals surface area (Å²) in [4.78, 5) is 18.0. The molecule has 146 valence electrons. The SMILES string of the molecule is CN1CCN(C2CCN(c3ncnc4scc(-c5ccccc5)c34)CC2)CC1. The van der Waals surface area contributed by atoms with E-state index in [1.165, 1.54) is 55.5 Å². The highest BCUT2D eigenvalue weighted by Crippen LogP contribution is 2.38. The van der Waals surface area contributed by atoms with Crippen molar-refractivity contribution in [2.75, 3.05) is 51.2 Å². The Bertz CT molecular complexity index is 925. The Morgan fingerprint density at radius 2 is 1.68 bits per heavy atom. The molecule has 0 N–H and O–H groups in total. The van der Waals surface area contributed by atoms with E-state index in [1.54, 1.807) is 17.7 Å². The summed E-state index contributed by atoms with van der Waals surface area (Å²) in [6.45, 7) is 6.97. The highest BCUT2D eigenvalue weighted by atomic mass is 32.1. The van der Waals surface area contributed by atoms with Gasteiger partial charge in [0.1, 0.15) is 17.0 Å². The number of piperazine rings is 1. The number of fused-ring (bicyclic) bond motifs is 1. The summed E-state index contributed by atoms with van der Waals surface area (Å²) in [5, 5.41) is 3.45. The van der Waals surface area contributed by atoms with Crippen molar-refractivity contribution in [2.24, 2.45) is 0 Å². The fraction of sp³-hybridized carbons (Fsp3) is 0.455. The molecule has 0 aliphatic carbocycles. The minimum atomic E-state index is 0.721. The predicted octanol–water partition coefficient (Wildman–Crippen LogP) is 3.57. The molecule has 2 aliphatic rings. The number of anilines is 1. The van der Waals surface area contributed by atoms with Gasteiger partial charge in [-0.15, -0.1) is 11.3 Å². The fourth-order valence-corrected chi connectivity index (χ4v) is 5.47. The molecule has 0 atom stereocenters. The summed E-state index contributed by atoms with van der Waals surface area (Å²) in [5.74, 6) is 1.11. The minimum absolute atomic E-state index is 0.721. The fourth-order valence-electron chi connectivity index (χ4n) is 4.56. The Morgan fingerprint density at radius 1 is 0.929 bits per heavy atom. The Balaban J connectivity index is 1.38. The van der Waals surface area contributed by atoms with Crippen LogP contribution in [0.4, 0.5) is 5.82 Å². The summed E-state index contributed by atoms with van der Waals surface area (Å²) in [5.41, 5.74) is 2.51. The van der Waals surface area contributed by atoms with Crippen molar-refractivity contribution >= 4 is 27.4 Å². The lowest BCUT2D eigenvalue weighted by Crippen LogP contribution is -2.52. The minimum Gasteiger partial charge on any atom is -0.356 e. The van der Waals surface area contributed by atoms with Gasteiger partial charge in [-0.2, -0.15) is 0 Å². The average molecular weight is 394 g/mol. The van der Waals surface area contributed by atoms with Crippen molar-refractivity contribution in [2.45, 2.75) is 18.9 Å². The molecular formula is C22H27N5S. The molecule has 6 heteroatoms. The molecule has 0 radical (unpaired) electrons. The van der Waals surface area contributed by atoms with Crippen LogP contribution in [0.3, 0.4) is 0 Å². The molecule has 0 bridgehead atoms. The molecule has 28 heavy (non-hydrogen) atoms. The zero-order valence-electron chi connectivity index (χ0n) is 16.4. The van der Waals surface area contributed by atoms with Crippen molar-refractivity contribution in [1.29, 1.82) is 0 Å². The predicted molar refractivity (Wildman–Crippen MR) is 117 cm³/mol. The third-order valence-corrected chi connectivity index (χ3v) is 7.14. The quantitative estimate of drug-likeness (QED) is 0.680. The lowest BCUT2D eigenvalue weighted by atomic mass is 10.0. The van der Waals surface area contributed by atoms with E-state index in [0.717, 1.165) is 29.8 Å². The van der Waals surface area contributed by atoms with E-state index in [1.807, 2.05) is 0 Å². The number of likely N-dealkylation sites (N-methyl/N-ethyl adjacent to an activating group) is 1. The van der Waals surface area contributed by atoms with Crippen molar-refractivity contribution in [3.05, 3.63) is 42.0 Å². The van der Waals surface area contributed by atoms with Gasteiger partial charge in [0.2, 0.25) is 0 Å². The first-order chi connectivity index (χ1) is 13.8. The molecule has 5 nitrogen and oxygen atoms in total. The third kappa shape index (κ3) is 3.41. The first-order valence-electron chi connectivity index (χ1n) is 10.2. The standard InChI is InChI=1S/C22H27N5S/c1-25-11-13-26(14-12-25)18-7-9-27(10-8-18)21-20-19(17-5-3-2-4-6-17)15-28-22(20)24-16-23-21/h2-6,15-16,18H,7-14H2,1H3. The van der Waals surface area contributed by atoms with Crippen LogP contribution >= 0.6 is 11.3 Å². The van der Waals surface area contributed by atoms with Crippen LogP contribution in [0.15, 0.2) is 42.0 Å². The van der Waals surface area contributed by atoms with Gasteiger partial charge in [0.05, 0.1) is 5.39 Å². The molecule has 2 fully saturated rings. The third-order valence-electron chi connectivity index (χ3n) is 6.25. The lowest BCUT2D eigenvalue weighted by Gasteiger charge is -2.42. The van der Waals surface area contributed by atoms with Gasteiger partial charge >= 0.3 is 0 Å². The lowest BCUT2D eigenvalue weighted by molar-refractivity contribution is 0.0981. The molecule has 0 spiro atoms. The number of thiophene rings is 1. The maximum absolute atomic E-state index is 4.74. The average Bonchev–Trinajstić information content (AvgIpc) is 3.19. The Hall–Kier alpha value is -2.02. The number of benzene rings is 1. The summed E-state index contributed by atoms with van der Waals surface area (Å²) in [6, 6.07) is 11.3. The van der Waals surface area contributed by atoms with Gasteiger partial charge in [-0.1, -0.05) is 30.3 Å². The second-order valence-electron chi connectivity index (χ2n) is 7.95. The van der Waals surface area contributed by atoms with Gasteiger partial charge in [-0.3, -0.25) is 4.90 Å². The van der Waals surface area contributed by atoms with E-state index >= 15 is 0 Å². The van der Waals surface area contributed by atoms with Crippen LogP contribution in [0.1, 0.15) is 12.8 Å². The summed E-state index contributed by atoms with van der Waals surface area (Å²) < 4.78 is 0. The van der Waals surface area contributed by atoms with Crippen molar-refractivity contribution in [3.8, 4) is 11.1 Å². The van der Waals surface area contributed by atoms with E-state index in [-0.39, 0.29) is 0 Å². The first kappa shape index (κ1) is 18.0. The largest absolute Gasteiger partial charge is 0.356 e. The first-order valence-corrected chi connectivity index (χ1v) is 11.1. The molecule has 0 saturated carbocycles. The van der Waals surface area contributed by atoms with Crippen molar-refractivity contribution < 1.29 is 0 Å². The van der Waals surface area contributed by atoms with E-state index < -0.39 is 0 Å². The smallest absolute Gasteiger partial charge is 0.141 e. The van der Waals surface area contributed by atoms with Crippen LogP contribution in [-0.4, -0.2) is 72.1 Å². The Labute approximate surface area is 170 Å². The number of rotatable bonds is 3. The summed E-state index contributed by atoms with van der Waals surface area (Å²) in [7, 11) is 2.23. The highest BCUT2D eigenvalue weighted by molar-refractivity contribution is 7.17. The van der Waals surface area contributed by atoms with Gasteiger partial charge < -0.3 is 9.80 Å². The van der Waals surface area contributed by atoms with Crippen molar-refractivity contribution in [1.82, 2.24) is 19.8 Å². The van der Waals surface area contributed by atoms with E-state index in [9.17, 15) is 0 Å². The van der Waals surface area contributed by atoms with Crippen LogP contribution < -0.4 is 4.90 Å². The normalized spacial score (nSPS) is 20.1. The summed E-state index contributed by atoms with van der Waals surface area (Å²) >= 11 is 1.72. The van der Waals surface area contributed by atoms with Gasteiger partial charge in [0.15, 0.2) is 0 Å². The van der Waals surface area contributed by atoms with Gasteiger partial charge in [0, 0.05) is 56.3 Å². The molecule has 2 aromatic heterocycles. The van der Waals surface area contributed by atoms with Gasteiger partial charge in [0.25, 0.3) is 0 Å². The molecule has 0 unspecified atom stereocenters. The molecule has 5 rings (SSSR count). The maximum atomic E-state index is 4.74. The number of aromatic nitrogens is 2. The highest BCUT2D eigenvalue weighted by Gasteiger charge is 2.28. The van der Waals surface area contributed by atoms with Crippen LogP contribution in [0.25, 0.3) is 21.3 Å². The van der Waals surface area contributed by atoms with E-state index in [4.69, 9.17) is 4.98 Å². The van der Waals surface area contributed by atoms with Crippen LogP contribution in [0.5, 0.6) is 0 Å². The second kappa shape index (κ2) is 7.78. The molecule has 3 aromatic rings. The molecule has 0 amide bonds. The second-order valence-corrected chi connectivity index (χ2v) is 8.81. The summed E-state index contributed by atoms with van der Waals surface area (Å²) in [6.07, 6.45) is 4.18. The van der Waals surface area contributed by atoms with Crippen molar-refractivity contribution in [3.63, 3.8) is 0 Å². The molecule has 2 saturated heterocycles. The Kier molecular flexibility index (Phi) is 5.01.